The monoisotopic (exact) mass is 576 g/mol. The molecule has 0 spiro atoms. The van der Waals surface area contributed by atoms with Gasteiger partial charge in [0.2, 0.25) is 0 Å². The van der Waals surface area contributed by atoms with E-state index >= 15 is 0 Å². The molecule has 0 saturated carbocycles. The quantitative estimate of drug-likeness (QED) is 0.375. The second kappa shape index (κ2) is 17.8. The summed E-state index contributed by atoms with van der Waals surface area (Å²) in [6, 6.07) is 5.69. The number of aromatic nitrogens is 6. The van der Waals surface area contributed by atoms with Gasteiger partial charge in [0.1, 0.15) is 0 Å². The van der Waals surface area contributed by atoms with Gasteiger partial charge in [0.05, 0.1) is 0 Å². The Hall–Kier alpha value is -2.27. The Balaban J connectivity index is 0.000000515. The molecule has 0 aromatic carbocycles. The van der Waals surface area contributed by atoms with Gasteiger partial charge in [-0.3, -0.25) is 0 Å². The van der Waals surface area contributed by atoms with Crippen LogP contribution in [0.25, 0.3) is 0 Å². The van der Waals surface area contributed by atoms with Crippen molar-refractivity contribution in [3.8, 4) is 0 Å². The molecule has 3 heterocycles. The van der Waals surface area contributed by atoms with Crippen LogP contribution in [0.1, 0.15) is 25.7 Å². The van der Waals surface area contributed by atoms with Crippen molar-refractivity contribution in [3.05, 3.63) is 79.7 Å². The van der Waals surface area contributed by atoms with E-state index in [4.69, 9.17) is 10.2 Å². The first kappa shape index (κ1) is 26.7. The number of hydrogen-bond donors (Lipinski definition) is 1. The molecule has 1 aliphatic carbocycles. The molecule has 4 rings (SSSR count). The van der Waals surface area contributed by atoms with Crippen molar-refractivity contribution in [2.24, 2.45) is 0 Å². The van der Waals surface area contributed by atoms with Crippen molar-refractivity contribution >= 4 is 7.12 Å². The van der Waals surface area contributed by atoms with Gasteiger partial charge < -0.3 is 24.0 Å². The molecule has 0 radical (unpaired) electrons. The van der Waals surface area contributed by atoms with Gasteiger partial charge in [-0.15, -0.1) is 0 Å². The summed E-state index contributed by atoms with van der Waals surface area (Å²) in [5.74, 6) is 0. The van der Waals surface area contributed by atoms with E-state index in [9.17, 15) is 0 Å². The maximum atomic E-state index is 8.25. The minimum absolute atomic E-state index is 0. The third kappa shape index (κ3) is 9.66. The summed E-state index contributed by atoms with van der Waals surface area (Å²) in [6.07, 6.45) is 25.0. The molecule has 8 nitrogen and oxygen atoms in total. The van der Waals surface area contributed by atoms with Gasteiger partial charge in [0.15, 0.2) is 0 Å². The van der Waals surface area contributed by atoms with Gasteiger partial charge in [-0.05, 0) is 62.5 Å². The molecule has 3 aromatic rings. The van der Waals surface area contributed by atoms with Gasteiger partial charge in [-0.1, -0.05) is 24.3 Å². The van der Waals surface area contributed by atoms with Gasteiger partial charge >= 0.3 is 26.9 Å². The molecule has 10 heteroatoms. The largest absolute Gasteiger partial charge is 2.00 e. The smallest absolute Gasteiger partial charge is 0.857 e. The molecule has 0 bridgehead atoms. The molecule has 29 heavy (non-hydrogen) atoms. The maximum absolute atomic E-state index is 8.25. The number of allylic oxidation sites excluding steroid dienone is 4. The van der Waals surface area contributed by atoms with Crippen LogP contribution in [0.4, 0.5) is 0 Å². The second-order valence-corrected chi connectivity index (χ2v) is 5.66. The van der Waals surface area contributed by atoms with E-state index in [1.807, 2.05) is 50.6 Å². The zero-order valence-electron chi connectivity index (χ0n) is 16.9. The topological polar surface area (TPSA) is 96.7 Å². The molecule has 0 amide bonds. The van der Waals surface area contributed by atoms with Crippen LogP contribution in [0, 0.1) is 0 Å². The zero-order chi connectivity index (χ0) is 20.5. The summed E-state index contributed by atoms with van der Waals surface area (Å²) < 4.78 is 5.62. The van der Waals surface area contributed by atoms with Crippen LogP contribution < -0.4 is 5.11 Å². The van der Waals surface area contributed by atoms with Crippen LogP contribution in [-0.2, 0) is 19.8 Å². The summed E-state index contributed by atoms with van der Waals surface area (Å²) in [5, 5.41) is 28.0. The van der Waals surface area contributed by atoms with Crippen LogP contribution in [0.3, 0.4) is 0 Å². The SMILES string of the molecule is C1=C\CC/C=C\CC/1.CO.C[O-].[Os+2].c1cnn([BH-](n2cccn2)n2cccn2)c1. The number of nitrogens with zero attached hydrogens (tertiary/aromatic N) is 6. The minimum Gasteiger partial charge on any atom is -0.857 e. The molecule has 1 aliphatic rings. The van der Waals surface area contributed by atoms with Crippen molar-refractivity contribution < 1.29 is 30.0 Å². The molecule has 0 saturated heterocycles. The summed E-state index contributed by atoms with van der Waals surface area (Å²) >= 11 is 0. The Morgan fingerprint density at radius 1 is 0.655 bits per heavy atom. The van der Waals surface area contributed by atoms with Gasteiger partial charge in [-0.2, -0.15) is 7.11 Å². The molecule has 3 aromatic heterocycles. The predicted molar refractivity (Wildman–Crippen MR) is 111 cm³/mol. The molecule has 0 aliphatic heterocycles. The van der Waals surface area contributed by atoms with Crippen molar-refractivity contribution in [2.45, 2.75) is 25.7 Å². The molecule has 0 atom stereocenters. The Bertz CT molecular complexity index is 638. The third-order valence-electron chi connectivity index (χ3n) is 3.88. The first-order chi connectivity index (χ1) is 13.9. The standard InChI is InChI=1S/C9H10BN6.C8H12.CH4O.CH3O.Os/c1-4-11-14(7-1)10(15-8-2-5-12-15)16-9-3-6-13-16;1-2-4-6-8-7-5-3-1;2*1-2;/h1-10H;1-2,7-8H,3-6H2;2H,1H3;1H3;/q-1;;;-1;+2/b;2-1-,8-7-;;;. The van der Waals surface area contributed by atoms with Gasteiger partial charge in [0.25, 0.3) is 0 Å². The summed E-state index contributed by atoms with van der Waals surface area (Å²) in [7, 11) is 0.625. The third-order valence-corrected chi connectivity index (χ3v) is 3.88. The Kier molecular flexibility index (Phi) is 16.4. The summed E-state index contributed by atoms with van der Waals surface area (Å²) in [6.45, 7) is 0. The van der Waals surface area contributed by atoms with Crippen LogP contribution in [0.2, 0.25) is 0 Å². The molecular weight excluding hydrogens is 545 g/mol. The van der Waals surface area contributed by atoms with Crippen molar-refractivity contribution in [2.75, 3.05) is 14.2 Å². The van der Waals surface area contributed by atoms with E-state index in [0.717, 1.165) is 14.2 Å². The normalized spacial score (nSPS) is 14.2. The molecule has 158 valence electrons. The van der Waals surface area contributed by atoms with E-state index < -0.39 is 7.12 Å². The second-order valence-electron chi connectivity index (χ2n) is 5.66. The number of aliphatic hydroxyl groups excluding tert-OH is 1. The van der Waals surface area contributed by atoms with Crippen molar-refractivity contribution in [1.29, 1.82) is 0 Å². The molecular formula is C19H29BN6O2Os. The van der Waals surface area contributed by atoms with Crippen LogP contribution in [-0.4, -0.2) is 55.5 Å². The molecule has 0 unspecified atom stereocenters. The average molecular weight is 575 g/mol. The average Bonchev–Trinajstić information content (AvgIpc) is 3.51. The maximum Gasteiger partial charge on any atom is 2.00 e. The summed E-state index contributed by atoms with van der Waals surface area (Å²) in [4.78, 5) is 0. The van der Waals surface area contributed by atoms with Crippen molar-refractivity contribution in [3.63, 3.8) is 0 Å². The first-order valence-electron chi connectivity index (χ1n) is 9.25. The minimum atomic E-state index is -1.12. The first-order valence-corrected chi connectivity index (χ1v) is 9.25. The van der Waals surface area contributed by atoms with E-state index in [-0.39, 0.29) is 19.8 Å². The van der Waals surface area contributed by atoms with E-state index in [2.05, 4.69) is 39.6 Å². The summed E-state index contributed by atoms with van der Waals surface area (Å²) in [5.41, 5.74) is 0. The Morgan fingerprint density at radius 2 is 0.931 bits per heavy atom. The van der Waals surface area contributed by atoms with Crippen molar-refractivity contribution in [1.82, 2.24) is 29.1 Å². The Labute approximate surface area is 185 Å². The van der Waals surface area contributed by atoms with Crippen LogP contribution >= 0.6 is 0 Å². The van der Waals surface area contributed by atoms with E-state index in [0.29, 0.717) is 0 Å². The number of aliphatic hydroxyl groups is 1. The molecule has 0 fully saturated rings. The van der Waals surface area contributed by atoms with Gasteiger partial charge in [-0.25, -0.2) is 15.3 Å². The van der Waals surface area contributed by atoms with Crippen LogP contribution in [0.15, 0.2) is 79.7 Å². The fourth-order valence-electron chi connectivity index (χ4n) is 2.70. The number of rotatable bonds is 3. The zero-order valence-corrected chi connectivity index (χ0v) is 19.5. The fraction of sp³-hybridized carbons (Fsp3) is 0.316. The Morgan fingerprint density at radius 3 is 1.14 bits per heavy atom. The molecule has 1 N–H and O–H groups in total. The predicted octanol–water partition coefficient (Wildman–Crippen LogP) is 1.19. The van der Waals surface area contributed by atoms with E-state index in [1.165, 1.54) is 25.7 Å². The van der Waals surface area contributed by atoms with E-state index in [1.54, 1.807) is 18.6 Å². The fourth-order valence-corrected chi connectivity index (χ4v) is 2.70. The van der Waals surface area contributed by atoms with Gasteiger partial charge in [0, 0.05) is 25.7 Å². The number of hydrogen-bond acceptors (Lipinski definition) is 5. The van der Waals surface area contributed by atoms with Crippen LogP contribution in [0.5, 0.6) is 0 Å².